The van der Waals surface area contributed by atoms with E-state index in [0.29, 0.717) is 11.0 Å². The molecule has 90 valence electrons. The lowest BCUT2D eigenvalue weighted by atomic mass is 10.2. The van der Waals surface area contributed by atoms with Gasteiger partial charge in [-0.3, -0.25) is 4.79 Å². The summed E-state index contributed by atoms with van der Waals surface area (Å²) in [5.74, 6) is -0.648. The molecule has 0 aromatic carbocycles. The molecule has 0 aliphatic rings. The molecule has 0 aliphatic carbocycles. The number of methoxy groups -OCH3 is 1. The van der Waals surface area contributed by atoms with Crippen LogP contribution in [0.2, 0.25) is 0 Å². The first-order chi connectivity index (χ1) is 8.06. The zero-order valence-electron chi connectivity index (χ0n) is 9.85. The van der Waals surface area contributed by atoms with Crippen LogP contribution in [0.5, 0.6) is 0 Å². The number of esters is 1. The van der Waals surface area contributed by atoms with E-state index in [1.165, 1.54) is 19.5 Å². The monoisotopic (exact) mass is 235 g/mol. The molecule has 0 unspecified atom stereocenters. The van der Waals surface area contributed by atoms with Crippen LogP contribution >= 0.6 is 0 Å². The number of aromatic amines is 1. The minimum atomic E-state index is -0.648. The van der Waals surface area contributed by atoms with E-state index in [2.05, 4.69) is 14.8 Å². The topological polar surface area (TPSA) is 77.0 Å². The van der Waals surface area contributed by atoms with Crippen LogP contribution < -0.4 is 5.43 Å². The second-order valence-corrected chi connectivity index (χ2v) is 3.97. The SMILES string of the molecule is COC(=O)c1c[nH]c2c(cnn2C(C)C)c1=O. The molecule has 0 bridgehead atoms. The second-order valence-electron chi connectivity index (χ2n) is 3.97. The first-order valence-electron chi connectivity index (χ1n) is 5.23. The summed E-state index contributed by atoms with van der Waals surface area (Å²) in [5.41, 5.74) is 0.235. The Morgan fingerprint density at radius 3 is 2.82 bits per heavy atom. The molecule has 6 nitrogen and oxygen atoms in total. The van der Waals surface area contributed by atoms with Gasteiger partial charge >= 0.3 is 5.97 Å². The molecule has 0 spiro atoms. The highest BCUT2D eigenvalue weighted by Gasteiger charge is 2.16. The van der Waals surface area contributed by atoms with Gasteiger partial charge in [0.15, 0.2) is 0 Å². The summed E-state index contributed by atoms with van der Waals surface area (Å²) in [7, 11) is 1.24. The molecular weight excluding hydrogens is 222 g/mol. The zero-order chi connectivity index (χ0) is 12.6. The molecule has 2 heterocycles. The molecule has 0 amide bonds. The minimum Gasteiger partial charge on any atom is -0.465 e. The first-order valence-corrected chi connectivity index (χ1v) is 5.23. The van der Waals surface area contributed by atoms with Gasteiger partial charge in [-0.25, -0.2) is 9.48 Å². The fourth-order valence-corrected chi connectivity index (χ4v) is 1.68. The van der Waals surface area contributed by atoms with Gasteiger partial charge in [-0.05, 0) is 13.8 Å². The number of carbonyl (C=O) groups is 1. The minimum absolute atomic E-state index is 0.0108. The average molecular weight is 235 g/mol. The van der Waals surface area contributed by atoms with Crippen LogP contribution in [0.25, 0.3) is 11.0 Å². The van der Waals surface area contributed by atoms with Gasteiger partial charge in [0.1, 0.15) is 11.2 Å². The van der Waals surface area contributed by atoms with Crippen molar-refractivity contribution < 1.29 is 9.53 Å². The predicted molar refractivity (Wildman–Crippen MR) is 62.1 cm³/mol. The van der Waals surface area contributed by atoms with Crippen molar-refractivity contribution in [2.24, 2.45) is 0 Å². The third-order valence-corrected chi connectivity index (χ3v) is 2.53. The fraction of sp³-hybridized carbons (Fsp3) is 0.364. The number of aromatic nitrogens is 3. The van der Waals surface area contributed by atoms with Gasteiger partial charge in [0, 0.05) is 12.2 Å². The van der Waals surface area contributed by atoms with Gasteiger partial charge < -0.3 is 9.72 Å². The van der Waals surface area contributed by atoms with Crippen molar-refractivity contribution in [2.75, 3.05) is 7.11 Å². The van der Waals surface area contributed by atoms with Gasteiger partial charge in [0.25, 0.3) is 0 Å². The van der Waals surface area contributed by atoms with Crippen LogP contribution in [-0.2, 0) is 4.74 Å². The fourth-order valence-electron chi connectivity index (χ4n) is 1.68. The summed E-state index contributed by atoms with van der Waals surface area (Å²) in [6, 6.07) is 0.132. The van der Waals surface area contributed by atoms with Crippen LogP contribution in [0, 0.1) is 0 Å². The van der Waals surface area contributed by atoms with Crippen molar-refractivity contribution in [3.63, 3.8) is 0 Å². The van der Waals surface area contributed by atoms with Gasteiger partial charge in [-0.2, -0.15) is 5.10 Å². The number of fused-ring (bicyclic) bond motifs is 1. The summed E-state index contributed by atoms with van der Waals surface area (Å²) in [4.78, 5) is 26.2. The molecule has 0 saturated carbocycles. The molecule has 0 aliphatic heterocycles. The Bertz CT molecular complexity index is 624. The normalized spacial score (nSPS) is 11.1. The van der Waals surface area contributed by atoms with Gasteiger partial charge in [0.05, 0.1) is 18.7 Å². The quantitative estimate of drug-likeness (QED) is 0.790. The van der Waals surface area contributed by atoms with Gasteiger partial charge in [-0.15, -0.1) is 0 Å². The van der Waals surface area contributed by atoms with Crippen LogP contribution in [0.15, 0.2) is 17.2 Å². The van der Waals surface area contributed by atoms with Crippen LogP contribution in [0.3, 0.4) is 0 Å². The highest BCUT2D eigenvalue weighted by molar-refractivity contribution is 5.92. The Balaban J connectivity index is 2.71. The summed E-state index contributed by atoms with van der Waals surface area (Å²) < 4.78 is 6.23. The molecule has 17 heavy (non-hydrogen) atoms. The molecule has 0 atom stereocenters. The van der Waals surface area contributed by atoms with Crippen molar-refractivity contribution in [3.05, 3.63) is 28.2 Å². The Kier molecular flexibility index (Phi) is 2.71. The maximum Gasteiger partial charge on any atom is 0.343 e. The largest absolute Gasteiger partial charge is 0.465 e. The zero-order valence-corrected chi connectivity index (χ0v) is 9.85. The summed E-state index contributed by atoms with van der Waals surface area (Å²) in [6.45, 7) is 3.91. The van der Waals surface area contributed by atoms with Crippen LogP contribution in [-0.4, -0.2) is 27.8 Å². The molecule has 6 heteroatoms. The molecular formula is C11H13N3O3. The highest BCUT2D eigenvalue weighted by Crippen LogP contribution is 2.12. The lowest BCUT2D eigenvalue weighted by Gasteiger charge is -2.06. The van der Waals surface area contributed by atoms with Gasteiger partial charge in [0.2, 0.25) is 5.43 Å². The Hall–Kier alpha value is -2.11. The molecule has 0 saturated heterocycles. The summed E-state index contributed by atoms with van der Waals surface area (Å²) in [6.07, 6.45) is 2.82. The standard InChI is InChI=1S/C11H13N3O3/c1-6(2)14-10-7(5-13-14)9(15)8(4-12-10)11(16)17-3/h4-6H,1-3H3,(H,12,15). The van der Waals surface area contributed by atoms with Gasteiger partial charge in [-0.1, -0.05) is 0 Å². The molecule has 1 N–H and O–H groups in total. The van der Waals surface area contributed by atoms with E-state index in [0.717, 1.165) is 0 Å². The van der Waals surface area contributed by atoms with Crippen LogP contribution in [0.4, 0.5) is 0 Å². The number of hydrogen-bond donors (Lipinski definition) is 1. The van der Waals surface area contributed by atoms with E-state index in [9.17, 15) is 9.59 Å². The van der Waals surface area contributed by atoms with Crippen molar-refractivity contribution in [1.82, 2.24) is 14.8 Å². The predicted octanol–water partition coefficient (Wildman–Crippen LogP) is 1.09. The third-order valence-electron chi connectivity index (χ3n) is 2.53. The van der Waals surface area contributed by atoms with E-state index < -0.39 is 5.97 Å². The number of H-pyrrole nitrogens is 1. The van der Waals surface area contributed by atoms with E-state index in [-0.39, 0.29) is 17.0 Å². The van der Waals surface area contributed by atoms with E-state index in [1.807, 2.05) is 13.8 Å². The Labute approximate surface area is 97.2 Å². The number of rotatable bonds is 2. The van der Waals surface area contributed by atoms with E-state index in [1.54, 1.807) is 4.68 Å². The molecule has 2 rings (SSSR count). The molecule has 0 fully saturated rings. The summed E-state index contributed by atoms with van der Waals surface area (Å²) >= 11 is 0. The second kappa shape index (κ2) is 4.04. The average Bonchev–Trinajstić information content (AvgIpc) is 2.73. The van der Waals surface area contributed by atoms with Crippen molar-refractivity contribution in [2.45, 2.75) is 19.9 Å². The Morgan fingerprint density at radius 2 is 2.24 bits per heavy atom. The molecule has 2 aromatic heterocycles. The number of hydrogen-bond acceptors (Lipinski definition) is 4. The number of carbonyl (C=O) groups excluding carboxylic acids is 1. The highest BCUT2D eigenvalue weighted by atomic mass is 16.5. The maximum absolute atomic E-state index is 12.0. The molecule has 2 aromatic rings. The number of pyridine rings is 1. The number of ether oxygens (including phenoxy) is 1. The van der Waals surface area contributed by atoms with Crippen LogP contribution in [0.1, 0.15) is 30.2 Å². The Morgan fingerprint density at radius 1 is 1.53 bits per heavy atom. The third kappa shape index (κ3) is 1.71. The number of nitrogens with one attached hydrogen (secondary N) is 1. The lowest BCUT2D eigenvalue weighted by molar-refractivity contribution is 0.0599. The summed E-state index contributed by atoms with van der Waals surface area (Å²) in [5, 5.41) is 4.51. The maximum atomic E-state index is 12.0. The van der Waals surface area contributed by atoms with Crippen molar-refractivity contribution in [3.8, 4) is 0 Å². The smallest absolute Gasteiger partial charge is 0.343 e. The number of nitrogens with zero attached hydrogens (tertiary/aromatic N) is 2. The van der Waals surface area contributed by atoms with E-state index in [4.69, 9.17) is 0 Å². The lowest BCUT2D eigenvalue weighted by Crippen LogP contribution is -2.17. The van der Waals surface area contributed by atoms with E-state index >= 15 is 0 Å². The first kappa shape index (κ1) is 11.4. The molecule has 0 radical (unpaired) electrons. The van der Waals surface area contributed by atoms with Crippen molar-refractivity contribution >= 4 is 17.0 Å². The van der Waals surface area contributed by atoms with Crippen molar-refractivity contribution in [1.29, 1.82) is 0 Å².